The first-order valence-corrected chi connectivity index (χ1v) is 11.1. The standard InChI is InChI=1S/C22H24N2O7S/c1-6-24-17-12-19(30-4)18(29-3)11-16(17)13(2)20(32(24,27)28)21(25)23-15-9-7-14(8-10-15)22(26)31-5/h7-12H,6H2,1-5H3,(H,23,25). The van der Waals surface area contributed by atoms with Crippen LogP contribution < -0.4 is 19.1 Å². The van der Waals surface area contributed by atoms with E-state index in [1.165, 1.54) is 45.6 Å². The summed E-state index contributed by atoms with van der Waals surface area (Å²) < 4.78 is 43.2. The highest BCUT2D eigenvalue weighted by atomic mass is 32.2. The monoisotopic (exact) mass is 460 g/mol. The van der Waals surface area contributed by atoms with Gasteiger partial charge in [0.2, 0.25) is 0 Å². The number of nitrogens with zero attached hydrogens (tertiary/aromatic N) is 1. The Morgan fingerprint density at radius 1 is 1.00 bits per heavy atom. The maximum absolute atomic E-state index is 13.4. The quantitative estimate of drug-likeness (QED) is 0.660. The fraction of sp³-hybridized carbons (Fsp3) is 0.273. The number of hydrogen-bond acceptors (Lipinski definition) is 7. The molecule has 32 heavy (non-hydrogen) atoms. The Hall–Kier alpha value is -3.53. The number of benzene rings is 2. The molecule has 0 aromatic heterocycles. The molecule has 0 bridgehead atoms. The number of amides is 1. The molecular weight excluding hydrogens is 436 g/mol. The van der Waals surface area contributed by atoms with Crippen molar-refractivity contribution in [1.29, 1.82) is 0 Å². The molecule has 1 amide bonds. The number of fused-ring (bicyclic) bond motifs is 1. The summed E-state index contributed by atoms with van der Waals surface area (Å²) in [5.41, 5.74) is 1.87. The Morgan fingerprint density at radius 2 is 1.59 bits per heavy atom. The number of carbonyl (C=O) groups is 2. The fourth-order valence-electron chi connectivity index (χ4n) is 3.55. The molecule has 0 saturated carbocycles. The number of sulfonamides is 1. The van der Waals surface area contributed by atoms with E-state index in [0.717, 1.165) is 4.31 Å². The normalized spacial score (nSPS) is 14.5. The highest BCUT2D eigenvalue weighted by Gasteiger charge is 2.39. The highest BCUT2D eigenvalue weighted by Crippen LogP contribution is 2.44. The summed E-state index contributed by atoms with van der Waals surface area (Å²) >= 11 is 0. The molecule has 2 aromatic carbocycles. The van der Waals surface area contributed by atoms with Gasteiger partial charge in [-0.05, 0) is 49.8 Å². The minimum Gasteiger partial charge on any atom is -0.493 e. The Bertz CT molecular complexity index is 1200. The number of carbonyl (C=O) groups excluding carboxylic acids is 2. The van der Waals surface area contributed by atoms with Gasteiger partial charge in [-0.2, -0.15) is 0 Å². The van der Waals surface area contributed by atoms with Gasteiger partial charge in [-0.15, -0.1) is 0 Å². The van der Waals surface area contributed by atoms with Crippen molar-refractivity contribution in [3.8, 4) is 11.5 Å². The van der Waals surface area contributed by atoms with E-state index >= 15 is 0 Å². The Balaban J connectivity index is 2.08. The van der Waals surface area contributed by atoms with Gasteiger partial charge in [-0.3, -0.25) is 9.10 Å². The second kappa shape index (κ2) is 8.91. The predicted molar refractivity (Wildman–Crippen MR) is 120 cm³/mol. The van der Waals surface area contributed by atoms with Crippen molar-refractivity contribution in [2.45, 2.75) is 13.8 Å². The third-order valence-electron chi connectivity index (χ3n) is 5.12. The lowest BCUT2D eigenvalue weighted by atomic mass is 10.0. The molecule has 0 spiro atoms. The van der Waals surface area contributed by atoms with Gasteiger partial charge in [-0.25, -0.2) is 13.2 Å². The van der Waals surface area contributed by atoms with Crippen LogP contribution >= 0.6 is 0 Å². The van der Waals surface area contributed by atoms with Crippen molar-refractivity contribution in [3.05, 3.63) is 52.4 Å². The SMILES string of the molecule is CCN1c2cc(OC)c(OC)cc2C(C)=C(C(=O)Nc2ccc(C(=O)OC)cc2)S1(=O)=O. The minimum atomic E-state index is -4.14. The number of allylic oxidation sites excluding steroid dienone is 1. The first-order valence-electron chi connectivity index (χ1n) is 9.69. The molecule has 9 nitrogen and oxygen atoms in total. The van der Waals surface area contributed by atoms with Crippen LogP contribution in [0.5, 0.6) is 11.5 Å². The van der Waals surface area contributed by atoms with E-state index in [4.69, 9.17) is 9.47 Å². The van der Waals surface area contributed by atoms with Crippen LogP contribution in [0, 0.1) is 0 Å². The van der Waals surface area contributed by atoms with Gasteiger partial charge >= 0.3 is 5.97 Å². The molecule has 0 aliphatic carbocycles. The number of anilines is 2. The van der Waals surface area contributed by atoms with Gasteiger partial charge in [0.25, 0.3) is 15.9 Å². The molecule has 0 saturated heterocycles. The zero-order valence-electron chi connectivity index (χ0n) is 18.4. The summed E-state index contributed by atoms with van der Waals surface area (Å²) in [5.74, 6) is -0.506. The molecule has 170 valence electrons. The number of hydrogen-bond donors (Lipinski definition) is 1. The second-order valence-electron chi connectivity index (χ2n) is 6.87. The molecular formula is C22H24N2O7S. The predicted octanol–water partition coefficient (Wildman–Crippen LogP) is 3.03. The van der Waals surface area contributed by atoms with Crippen LogP contribution in [-0.4, -0.2) is 48.2 Å². The largest absolute Gasteiger partial charge is 0.493 e. The molecule has 0 fully saturated rings. The number of nitrogens with one attached hydrogen (secondary N) is 1. The van der Waals surface area contributed by atoms with Crippen molar-refractivity contribution >= 4 is 38.8 Å². The van der Waals surface area contributed by atoms with Gasteiger partial charge in [-0.1, -0.05) is 0 Å². The number of ether oxygens (including phenoxy) is 3. The van der Waals surface area contributed by atoms with Crippen molar-refractivity contribution in [1.82, 2.24) is 0 Å². The zero-order chi connectivity index (χ0) is 23.6. The number of esters is 1. The van der Waals surface area contributed by atoms with Crippen molar-refractivity contribution < 1.29 is 32.2 Å². The molecule has 0 unspecified atom stereocenters. The van der Waals surface area contributed by atoms with E-state index in [-0.39, 0.29) is 17.0 Å². The molecule has 1 aliphatic rings. The fourth-order valence-corrected chi connectivity index (χ4v) is 5.31. The van der Waals surface area contributed by atoms with E-state index < -0.39 is 21.9 Å². The van der Waals surface area contributed by atoms with Crippen molar-refractivity contribution in [2.24, 2.45) is 0 Å². The summed E-state index contributed by atoms with van der Waals surface area (Å²) in [7, 11) is 0.0724. The summed E-state index contributed by atoms with van der Waals surface area (Å²) in [5, 5.41) is 2.60. The molecule has 3 rings (SSSR count). The van der Waals surface area contributed by atoms with Gasteiger partial charge in [0.1, 0.15) is 0 Å². The van der Waals surface area contributed by atoms with Gasteiger partial charge in [0.05, 0.1) is 32.6 Å². The van der Waals surface area contributed by atoms with E-state index in [1.807, 2.05) is 0 Å². The van der Waals surface area contributed by atoms with Gasteiger partial charge < -0.3 is 19.5 Å². The van der Waals surface area contributed by atoms with E-state index in [0.29, 0.717) is 34.0 Å². The third-order valence-corrected chi connectivity index (χ3v) is 7.16. The number of methoxy groups -OCH3 is 3. The maximum atomic E-state index is 13.4. The number of rotatable bonds is 6. The van der Waals surface area contributed by atoms with Gasteiger partial charge in [0, 0.05) is 23.9 Å². The summed E-state index contributed by atoms with van der Waals surface area (Å²) in [6, 6.07) is 9.17. The minimum absolute atomic E-state index is 0.114. The molecule has 0 atom stereocenters. The summed E-state index contributed by atoms with van der Waals surface area (Å²) in [6.07, 6.45) is 0. The Morgan fingerprint density at radius 3 is 2.12 bits per heavy atom. The van der Waals surface area contributed by atoms with E-state index in [1.54, 1.807) is 26.0 Å². The Kier molecular flexibility index (Phi) is 6.45. The third kappa shape index (κ3) is 3.89. The average molecular weight is 461 g/mol. The molecule has 1 aliphatic heterocycles. The first-order chi connectivity index (χ1) is 15.2. The van der Waals surface area contributed by atoms with Crippen LogP contribution in [0.2, 0.25) is 0 Å². The van der Waals surface area contributed by atoms with Crippen LogP contribution in [0.1, 0.15) is 29.8 Å². The van der Waals surface area contributed by atoms with Crippen molar-refractivity contribution in [2.75, 3.05) is 37.5 Å². The maximum Gasteiger partial charge on any atom is 0.337 e. The molecule has 10 heteroatoms. The average Bonchev–Trinajstić information content (AvgIpc) is 2.78. The van der Waals surface area contributed by atoms with Gasteiger partial charge in [0.15, 0.2) is 16.4 Å². The molecule has 1 N–H and O–H groups in total. The summed E-state index contributed by atoms with van der Waals surface area (Å²) in [6.45, 7) is 3.37. The summed E-state index contributed by atoms with van der Waals surface area (Å²) in [4.78, 5) is 24.3. The van der Waals surface area contributed by atoms with Crippen LogP contribution in [0.4, 0.5) is 11.4 Å². The van der Waals surface area contributed by atoms with E-state index in [9.17, 15) is 18.0 Å². The molecule has 2 aromatic rings. The van der Waals surface area contributed by atoms with Crippen LogP contribution in [-0.2, 0) is 19.6 Å². The first kappa shape index (κ1) is 23.1. The van der Waals surface area contributed by atoms with E-state index in [2.05, 4.69) is 10.1 Å². The van der Waals surface area contributed by atoms with Crippen LogP contribution in [0.15, 0.2) is 41.3 Å². The Labute approximate surface area is 186 Å². The van der Waals surface area contributed by atoms with Crippen molar-refractivity contribution in [3.63, 3.8) is 0 Å². The molecule has 0 radical (unpaired) electrons. The smallest absolute Gasteiger partial charge is 0.337 e. The zero-order valence-corrected chi connectivity index (χ0v) is 19.2. The topological polar surface area (TPSA) is 111 Å². The van der Waals surface area contributed by atoms with Crippen LogP contribution in [0.25, 0.3) is 5.57 Å². The lowest BCUT2D eigenvalue weighted by molar-refractivity contribution is -0.112. The lowest BCUT2D eigenvalue weighted by Gasteiger charge is -2.32. The second-order valence-corrected chi connectivity index (χ2v) is 8.67. The highest BCUT2D eigenvalue weighted by molar-refractivity contribution is 7.97. The lowest BCUT2D eigenvalue weighted by Crippen LogP contribution is -2.39. The molecule has 1 heterocycles. The van der Waals surface area contributed by atoms with Crippen LogP contribution in [0.3, 0.4) is 0 Å².